The molecule has 1 aromatic rings. The van der Waals surface area contributed by atoms with Crippen molar-refractivity contribution in [3.05, 3.63) is 34.9 Å². The summed E-state index contributed by atoms with van der Waals surface area (Å²) in [4.78, 5) is 11.0. The van der Waals surface area contributed by atoms with E-state index in [4.69, 9.17) is 16.7 Å². The minimum absolute atomic E-state index is 0.205. The summed E-state index contributed by atoms with van der Waals surface area (Å²) in [6.45, 7) is 1.58. The molecule has 2 unspecified atom stereocenters. The highest BCUT2D eigenvalue weighted by Gasteiger charge is 2.21. The van der Waals surface area contributed by atoms with E-state index in [1.165, 1.54) is 0 Å². The normalized spacial score (nSPS) is 14.6. The molecule has 0 fully saturated rings. The highest BCUT2D eigenvalue weighted by Crippen LogP contribution is 2.23. The number of benzene rings is 1. The molecule has 2 N–H and O–H groups in total. The zero-order valence-electron chi connectivity index (χ0n) is 8.35. The Balaban J connectivity index is 2.89. The number of rotatable bonds is 4. The Kier molecular flexibility index (Phi) is 4.12. The second-order valence-corrected chi connectivity index (χ2v) is 3.96. The van der Waals surface area contributed by atoms with E-state index in [0.717, 1.165) is 0 Å². The maximum Gasteiger partial charge on any atom is 0.311 e. The third-order valence-corrected chi connectivity index (χ3v) is 2.40. The molecule has 0 radical (unpaired) electrons. The van der Waals surface area contributed by atoms with Crippen molar-refractivity contribution in [3.63, 3.8) is 0 Å². The summed E-state index contributed by atoms with van der Waals surface area (Å²) in [7, 11) is 0. The van der Waals surface area contributed by atoms with E-state index in [0.29, 0.717) is 10.6 Å². The molecular weight excluding hydrogens is 216 g/mol. The Morgan fingerprint density at radius 2 is 1.93 bits per heavy atom. The number of carbonyl (C=O) groups is 1. The van der Waals surface area contributed by atoms with Gasteiger partial charge in [-0.15, -0.1) is 0 Å². The molecule has 15 heavy (non-hydrogen) atoms. The molecule has 0 aliphatic rings. The number of hydrogen-bond donors (Lipinski definition) is 2. The van der Waals surface area contributed by atoms with Gasteiger partial charge in [-0.05, 0) is 31.0 Å². The lowest BCUT2D eigenvalue weighted by atomic mass is 9.94. The van der Waals surface area contributed by atoms with Crippen LogP contribution in [0.3, 0.4) is 0 Å². The van der Waals surface area contributed by atoms with Crippen LogP contribution in [0.25, 0.3) is 0 Å². The van der Waals surface area contributed by atoms with Crippen molar-refractivity contribution >= 4 is 17.6 Å². The minimum atomic E-state index is -0.932. The zero-order valence-corrected chi connectivity index (χ0v) is 9.11. The number of aliphatic hydroxyl groups is 1. The summed E-state index contributed by atoms with van der Waals surface area (Å²) in [6.07, 6.45) is -0.432. The molecule has 0 saturated carbocycles. The molecule has 0 aromatic heterocycles. The summed E-state index contributed by atoms with van der Waals surface area (Å²) in [5.41, 5.74) is 0.660. The maximum absolute atomic E-state index is 11.0. The summed E-state index contributed by atoms with van der Waals surface area (Å²) >= 11 is 5.70. The van der Waals surface area contributed by atoms with Crippen molar-refractivity contribution in [2.45, 2.75) is 25.4 Å². The Morgan fingerprint density at radius 3 is 2.33 bits per heavy atom. The van der Waals surface area contributed by atoms with Gasteiger partial charge in [-0.3, -0.25) is 4.79 Å². The van der Waals surface area contributed by atoms with Gasteiger partial charge in [-0.1, -0.05) is 23.7 Å². The van der Waals surface area contributed by atoms with E-state index in [2.05, 4.69) is 0 Å². The first-order valence-corrected chi connectivity index (χ1v) is 5.05. The van der Waals surface area contributed by atoms with E-state index >= 15 is 0 Å². The van der Waals surface area contributed by atoms with Gasteiger partial charge >= 0.3 is 5.97 Å². The predicted octanol–water partition coefficient (Wildman–Crippen LogP) is 2.28. The second kappa shape index (κ2) is 5.14. The van der Waals surface area contributed by atoms with Crippen LogP contribution in [0, 0.1) is 0 Å². The second-order valence-electron chi connectivity index (χ2n) is 3.53. The SMILES string of the molecule is CC(O)CC(C(=O)O)c1ccc(Cl)cc1. The van der Waals surface area contributed by atoms with E-state index < -0.39 is 18.0 Å². The molecule has 2 atom stereocenters. The fraction of sp³-hybridized carbons (Fsp3) is 0.364. The molecule has 0 aliphatic carbocycles. The van der Waals surface area contributed by atoms with Gasteiger partial charge in [0.25, 0.3) is 0 Å². The number of hydrogen-bond acceptors (Lipinski definition) is 2. The summed E-state index contributed by atoms with van der Waals surface area (Å²) < 4.78 is 0. The average molecular weight is 229 g/mol. The van der Waals surface area contributed by atoms with Crippen molar-refractivity contribution in [2.24, 2.45) is 0 Å². The molecule has 82 valence electrons. The van der Waals surface area contributed by atoms with Crippen LogP contribution in [0.4, 0.5) is 0 Å². The third-order valence-electron chi connectivity index (χ3n) is 2.15. The van der Waals surface area contributed by atoms with Crippen molar-refractivity contribution in [3.8, 4) is 0 Å². The fourth-order valence-corrected chi connectivity index (χ4v) is 1.54. The van der Waals surface area contributed by atoms with Crippen molar-refractivity contribution in [1.82, 2.24) is 0 Å². The number of aliphatic hydroxyl groups excluding tert-OH is 1. The minimum Gasteiger partial charge on any atom is -0.481 e. The quantitative estimate of drug-likeness (QED) is 0.831. The van der Waals surface area contributed by atoms with Gasteiger partial charge in [0.1, 0.15) is 0 Å². The molecule has 3 nitrogen and oxygen atoms in total. The topological polar surface area (TPSA) is 57.5 Å². The third kappa shape index (κ3) is 3.53. The van der Waals surface area contributed by atoms with Crippen LogP contribution in [0.5, 0.6) is 0 Å². The Bertz CT molecular complexity index is 332. The fourth-order valence-electron chi connectivity index (χ4n) is 1.42. The molecule has 4 heteroatoms. The van der Waals surface area contributed by atoms with E-state index in [9.17, 15) is 9.90 Å². The van der Waals surface area contributed by atoms with Gasteiger partial charge < -0.3 is 10.2 Å². The molecule has 0 aliphatic heterocycles. The van der Waals surface area contributed by atoms with Crippen LogP contribution in [-0.2, 0) is 4.79 Å². The Morgan fingerprint density at radius 1 is 1.40 bits per heavy atom. The lowest BCUT2D eigenvalue weighted by Crippen LogP contribution is -2.17. The van der Waals surface area contributed by atoms with Crippen LogP contribution in [0.15, 0.2) is 24.3 Å². The molecule has 0 bridgehead atoms. The number of aliphatic carboxylic acids is 1. The van der Waals surface area contributed by atoms with Crippen molar-refractivity contribution in [1.29, 1.82) is 0 Å². The standard InChI is InChI=1S/C11H13ClO3/c1-7(13)6-10(11(14)15)8-2-4-9(12)5-3-8/h2-5,7,10,13H,6H2,1H3,(H,14,15). The zero-order chi connectivity index (χ0) is 11.4. The lowest BCUT2D eigenvalue weighted by molar-refractivity contribution is -0.139. The highest BCUT2D eigenvalue weighted by molar-refractivity contribution is 6.30. The predicted molar refractivity (Wildman–Crippen MR) is 58.1 cm³/mol. The van der Waals surface area contributed by atoms with Gasteiger partial charge in [-0.2, -0.15) is 0 Å². The molecule has 0 spiro atoms. The van der Waals surface area contributed by atoms with Gasteiger partial charge in [0.2, 0.25) is 0 Å². The van der Waals surface area contributed by atoms with Crippen molar-refractivity contribution < 1.29 is 15.0 Å². The molecule has 1 aromatic carbocycles. The first-order valence-electron chi connectivity index (χ1n) is 4.67. The molecular formula is C11H13ClO3. The molecule has 0 amide bonds. The Hall–Kier alpha value is -1.06. The van der Waals surface area contributed by atoms with E-state index in [-0.39, 0.29) is 6.42 Å². The van der Waals surface area contributed by atoms with Gasteiger partial charge in [-0.25, -0.2) is 0 Å². The number of carboxylic acid groups (broad SMARTS) is 1. The van der Waals surface area contributed by atoms with Crippen LogP contribution >= 0.6 is 11.6 Å². The van der Waals surface area contributed by atoms with Gasteiger partial charge in [0.15, 0.2) is 0 Å². The first kappa shape index (κ1) is 12.0. The molecule has 1 rings (SSSR count). The first-order chi connectivity index (χ1) is 7.00. The monoisotopic (exact) mass is 228 g/mol. The number of halogens is 1. The van der Waals surface area contributed by atoms with Crippen LogP contribution in [0.1, 0.15) is 24.8 Å². The van der Waals surface area contributed by atoms with Crippen molar-refractivity contribution in [2.75, 3.05) is 0 Å². The lowest BCUT2D eigenvalue weighted by Gasteiger charge is -2.14. The summed E-state index contributed by atoms with van der Waals surface area (Å²) in [6, 6.07) is 6.64. The van der Waals surface area contributed by atoms with E-state index in [1.807, 2.05) is 0 Å². The van der Waals surface area contributed by atoms with Gasteiger partial charge in [0, 0.05) is 5.02 Å². The average Bonchev–Trinajstić information content (AvgIpc) is 2.15. The van der Waals surface area contributed by atoms with E-state index in [1.54, 1.807) is 31.2 Å². The Labute approximate surface area is 93.3 Å². The molecule has 0 heterocycles. The smallest absolute Gasteiger partial charge is 0.311 e. The van der Waals surface area contributed by atoms with Crippen LogP contribution < -0.4 is 0 Å². The summed E-state index contributed by atoms with van der Waals surface area (Å²) in [5, 5.41) is 18.8. The van der Waals surface area contributed by atoms with Gasteiger partial charge in [0.05, 0.1) is 12.0 Å². The van der Waals surface area contributed by atoms with Crippen LogP contribution in [0.2, 0.25) is 5.02 Å². The molecule has 0 saturated heterocycles. The maximum atomic E-state index is 11.0. The number of carboxylic acids is 1. The largest absolute Gasteiger partial charge is 0.481 e. The highest BCUT2D eigenvalue weighted by atomic mass is 35.5. The summed E-state index contributed by atoms with van der Waals surface area (Å²) in [5.74, 6) is -1.61. The van der Waals surface area contributed by atoms with Crippen LogP contribution in [-0.4, -0.2) is 22.3 Å².